The molecule has 0 radical (unpaired) electrons. The van der Waals surface area contributed by atoms with Crippen molar-refractivity contribution in [1.82, 2.24) is 15.3 Å². The molecule has 0 saturated carbocycles. The van der Waals surface area contributed by atoms with E-state index in [0.717, 1.165) is 59.2 Å². The standard InChI is InChI=1S/C17H18ClN5S/c18-13-8-12-7-11(15-10-24-16(9-19)21-15)1-2-14(12)22-17(13)23-5-3-20-4-6-23/h1-2,7-8,10,20H,3-6,9,19H2. The molecule has 0 aliphatic carbocycles. The Hall–Kier alpha value is -1.73. The normalized spacial score (nSPS) is 15.2. The fourth-order valence-electron chi connectivity index (χ4n) is 2.94. The van der Waals surface area contributed by atoms with Gasteiger partial charge in [0, 0.05) is 49.1 Å². The molecule has 1 aliphatic rings. The third-order valence-corrected chi connectivity index (χ3v) is 5.34. The van der Waals surface area contributed by atoms with Gasteiger partial charge in [0.1, 0.15) is 10.8 Å². The van der Waals surface area contributed by atoms with E-state index in [0.29, 0.717) is 11.6 Å². The van der Waals surface area contributed by atoms with E-state index in [1.165, 1.54) is 0 Å². The number of fused-ring (bicyclic) bond motifs is 1. The number of hydrogen-bond donors (Lipinski definition) is 2. The zero-order valence-electron chi connectivity index (χ0n) is 13.1. The maximum Gasteiger partial charge on any atom is 0.148 e. The molecule has 0 amide bonds. The molecule has 124 valence electrons. The number of aromatic nitrogens is 2. The SMILES string of the molecule is NCc1nc(-c2ccc3nc(N4CCNCC4)c(Cl)cc3c2)cs1. The predicted molar refractivity (Wildman–Crippen MR) is 101 cm³/mol. The van der Waals surface area contributed by atoms with Crippen molar-refractivity contribution in [1.29, 1.82) is 0 Å². The van der Waals surface area contributed by atoms with Gasteiger partial charge in [0.05, 0.1) is 16.2 Å². The van der Waals surface area contributed by atoms with E-state index in [9.17, 15) is 0 Å². The second-order valence-corrected chi connectivity index (χ2v) is 7.12. The van der Waals surface area contributed by atoms with Crippen molar-refractivity contribution in [2.45, 2.75) is 6.54 Å². The van der Waals surface area contributed by atoms with Crippen LogP contribution in [0.3, 0.4) is 0 Å². The Kier molecular flexibility index (Phi) is 4.37. The molecule has 0 spiro atoms. The molecule has 2 aromatic heterocycles. The molecule has 1 saturated heterocycles. The van der Waals surface area contributed by atoms with Gasteiger partial charge < -0.3 is 16.0 Å². The van der Waals surface area contributed by atoms with Gasteiger partial charge in [-0.1, -0.05) is 17.7 Å². The molecule has 5 nitrogen and oxygen atoms in total. The van der Waals surface area contributed by atoms with Crippen LogP contribution in [0.2, 0.25) is 5.02 Å². The monoisotopic (exact) mass is 359 g/mol. The average molecular weight is 360 g/mol. The molecule has 4 rings (SSSR count). The van der Waals surface area contributed by atoms with Gasteiger partial charge in [-0.05, 0) is 18.2 Å². The third kappa shape index (κ3) is 2.98. The first-order chi connectivity index (χ1) is 11.7. The highest BCUT2D eigenvalue weighted by atomic mass is 35.5. The molecule has 24 heavy (non-hydrogen) atoms. The Bertz CT molecular complexity index is 873. The molecule has 3 heterocycles. The van der Waals surface area contributed by atoms with Gasteiger partial charge in [0.2, 0.25) is 0 Å². The summed E-state index contributed by atoms with van der Waals surface area (Å²) < 4.78 is 0. The van der Waals surface area contributed by atoms with Crippen molar-refractivity contribution >= 4 is 39.7 Å². The van der Waals surface area contributed by atoms with Crippen LogP contribution in [0, 0.1) is 0 Å². The highest BCUT2D eigenvalue weighted by Gasteiger charge is 2.16. The van der Waals surface area contributed by atoms with E-state index in [1.807, 2.05) is 17.5 Å². The number of pyridine rings is 1. The minimum Gasteiger partial charge on any atom is -0.353 e. The molecule has 7 heteroatoms. The Balaban J connectivity index is 1.72. The van der Waals surface area contributed by atoms with Crippen molar-refractivity contribution in [2.24, 2.45) is 5.73 Å². The van der Waals surface area contributed by atoms with Crippen LogP contribution in [0.25, 0.3) is 22.2 Å². The zero-order chi connectivity index (χ0) is 16.5. The number of halogens is 1. The van der Waals surface area contributed by atoms with E-state index in [4.69, 9.17) is 22.3 Å². The third-order valence-electron chi connectivity index (χ3n) is 4.19. The fourth-order valence-corrected chi connectivity index (χ4v) is 3.90. The topological polar surface area (TPSA) is 67.1 Å². The van der Waals surface area contributed by atoms with Crippen LogP contribution in [-0.2, 0) is 6.54 Å². The van der Waals surface area contributed by atoms with Gasteiger partial charge in [-0.25, -0.2) is 9.97 Å². The maximum atomic E-state index is 6.51. The fraction of sp³-hybridized carbons (Fsp3) is 0.294. The number of hydrogen-bond acceptors (Lipinski definition) is 6. The van der Waals surface area contributed by atoms with Crippen molar-refractivity contribution < 1.29 is 0 Å². The van der Waals surface area contributed by atoms with Crippen molar-refractivity contribution in [3.8, 4) is 11.3 Å². The molecule has 3 aromatic rings. The van der Waals surface area contributed by atoms with E-state index >= 15 is 0 Å². The summed E-state index contributed by atoms with van der Waals surface area (Å²) in [7, 11) is 0. The van der Waals surface area contributed by atoms with Crippen molar-refractivity contribution in [2.75, 3.05) is 31.1 Å². The van der Waals surface area contributed by atoms with Gasteiger partial charge in [-0.15, -0.1) is 11.3 Å². The van der Waals surface area contributed by atoms with Gasteiger partial charge in [0.15, 0.2) is 0 Å². The number of nitrogens with zero attached hydrogens (tertiary/aromatic N) is 3. The summed E-state index contributed by atoms with van der Waals surface area (Å²) in [6.45, 7) is 4.25. The quantitative estimate of drug-likeness (QED) is 0.752. The van der Waals surface area contributed by atoms with E-state index in [2.05, 4.69) is 27.3 Å². The van der Waals surface area contributed by atoms with Crippen LogP contribution in [0.5, 0.6) is 0 Å². The summed E-state index contributed by atoms with van der Waals surface area (Å²) in [5.41, 5.74) is 8.61. The minimum atomic E-state index is 0.472. The number of benzene rings is 1. The van der Waals surface area contributed by atoms with Crippen LogP contribution in [-0.4, -0.2) is 36.1 Å². The van der Waals surface area contributed by atoms with Gasteiger partial charge in [0.25, 0.3) is 0 Å². The van der Waals surface area contributed by atoms with E-state index in [1.54, 1.807) is 11.3 Å². The first-order valence-electron chi connectivity index (χ1n) is 7.95. The summed E-state index contributed by atoms with van der Waals surface area (Å²) in [5.74, 6) is 0.873. The number of nitrogens with one attached hydrogen (secondary N) is 1. The number of piperazine rings is 1. The molecule has 1 fully saturated rings. The molecule has 1 aliphatic heterocycles. The Labute approximate surface area is 149 Å². The Morgan fingerprint density at radius 3 is 2.79 bits per heavy atom. The smallest absolute Gasteiger partial charge is 0.148 e. The first-order valence-corrected chi connectivity index (χ1v) is 9.21. The average Bonchev–Trinajstić information content (AvgIpc) is 3.10. The molecule has 0 unspecified atom stereocenters. The van der Waals surface area contributed by atoms with Crippen LogP contribution in [0.15, 0.2) is 29.6 Å². The lowest BCUT2D eigenvalue weighted by molar-refractivity contribution is 0.585. The molecular formula is C17H18ClN5S. The van der Waals surface area contributed by atoms with E-state index < -0.39 is 0 Å². The molecule has 1 aromatic carbocycles. The Morgan fingerprint density at radius 2 is 2.04 bits per heavy atom. The van der Waals surface area contributed by atoms with Crippen LogP contribution < -0.4 is 16.0 Å². The molecule has 0 atom stereocenters. The second-order valence-electron chi connectivity index (χ2n) is 5.77. The summed E-state index contributed by atoms with van der Waals surface area (Å²) in [5, 5.41) is 8.04. The summed E-state index contributed by atoms with van der Waals surface area (Å²) in [6, 6.07) is 8.18. The van der Waals surface area contributed by atoms with Gasteiger partial charge >= 0.3 is 0 Å². The minimum absolute atomic E-state index is 0.472. The number of thiazole rings is 1. The largest absolute Gasteiger partial charge is 0.353 e. The number of anilines is 1. The molecular weight excluding hydrogens is 342 g/mol. The summed E-state index contributed by atoms with van der Waals surface area (Å²) in [6.07, 6.45) is 0. The van der Waals surface area contributed by atoms with Gasteiger partial charge in [-0.2, -0.15) is 0 Å². The van der Waals surface area contributed by atoms with Crippen LogP contribution in [0.4, 0.5) is 5.82 Å². The molecule has 0 bridgehead atoms. The first kappa shape index (κ1) is 15.8. The summed E-state index contributed by atoms with van der Waals surface area (Å²) >= 11 is 8.09. The number of rotatable bonds is 3. The zero-order valence-corrected chi connectivity index (χ0v) is 14.7. The highest BCUT2D eigenvalue weighted by Crippen LogP contribution is 2.31. The lowest BCUT2D eigenvalue weighted by Crippen LogP contribution is -2.44. The van der Waals surface area contributed by atoms with Crippen LogP contribution in [0.1, 0.15) is 5.01 Å². The second kappa shape index (κ2) is 6.64. The summed E-state index contributed by atoms with van der Waals surface area (Å²) in [4.78, 5) is 11.6. The number of nitrogens with two attached hydrogens (primary N) is 1. The lowest BCUT2D eigenvalue weighted by Gasteiger charge is -2.29. The Morgan fingerprint density at radius 1 is 1.21 bits per heavy atom. The van der Waals surface area contributed by atoms with Crippen molar-refractivity contribution in [3.63, 3.8) is 0 Å². The van der Waals surface area contributed by atoms with Gasteiger partial charge in [-0.3, -0.25) is 0 Å². The predicted octanol–water partition coefficient (Wildman–Crippen LogP) is 2.88. The maximum absolute atomic E-state index is 6.51. The van der Waals surface area contributed by atoms with E-state index in [-0.39, 0.29) is 0 Å². The molecule has 3 N–H and O–H groups in total. The van der Waals surface area contributed by atoms with Crippen LogP contribution >= 0.6 is 22.9 Å². The highest BCUT2D eigenvalue weighted by molar-refractivity contribution is 7.09. The lowest BCUT2D eigenvalue weighted by atomic mass is 10.1. The van der Waals surface area contributed by atoms with Crippen molar-refractivity contribution in [3.05, 3.63) is 39.7 Å².